The molecule has 0 aromatic carbocycles. The van der Waals surface area contributed by atoms with Crippen molar-refractivity contribution in [3.05, 3.63) is 0 Å². The smallest absolute Gasteiger partial charge is 0.0818 e. The molecule has 2 heteroatoms. The third-order valence-electron chi connectivity index (χ3n) is 2.53. The van der Waals surface area contributed by atoms with Gasteiger partial charge in [-0.2, -0.15) is 0 Å². The SMILES string of the molecule is CC1(C)[N]CCOC1(C)C. The fourth-order valence-corrected chi connectivity index (χ4v) is 0.993. The Bertz CT molecular complexity index is 113. The molecule has 0 unspecified atom stereocenters. The van der Waals surface area contributed by atoms with Crippen LogP contribution in [0.5, 0.6) is 0 Å². The van der Waals surface area contributed by atoms with Crippen LogP contribution in [0.4, 0.5) is 0 Å². The molecule has 1 heterocycles. The Labute approximate surface area is 63.0 Å². The molecule has 59 valence electrons. The van der Waals surface area contributed by atoms with Crippen LogP contribution in [0, 0.1) is 0 Å². The highest BCUT2D eigenvalue weighted by atomic mass is 16.5. The van der Waals surface area contributed by atoms with Crippen molar-refractivity contribution in [2.45, 2.75) is 38.8 Å². The summed E-state index contributed by atoms with van der Waals surface area (Å²) in [5, 5.41) is 4.49. The number of hydrogen-bond donors (Lipinski definition) is 0. The van der Waals surface area contributed by atoms with Crippen LogP contribution in [-0.2, 0) is 4.74 Å². The van der Waals surface area contributed by atoms with Crippen LogP contribution < -0.4 is 5.32 Å². The zero-order valence-corrected chi connectivity index (χ0v) is 7.27. The van der Waals surface area contributed by atoms with E-state index < -0.39 is 0 Å². The minimum atomic E-state index is -0.0920. The zero-order valence-electron chi connectivity index (χ0n) is 7.27. The lowest BCUT2D eigenvalue weighted by Gasteiger charge is -2.44. The lowest BCUT2D eigenvalue weighted by Crippen LogP contribution is -2.58. The fraction of sp³-hybridized carbons (Fsp3) is 1.00. The van der Waals surface area contributed by atoms with Gasteiger partial charge in [0.2, 0.25) is 0 Å². The van der Waals surface area contributed by atoms with Crippen LogP contribution >= 0.6 is 0 Å². The predicted octanol–water partition coefficient (Wildman–Crippen LogP) is 1.18. The van der Waals surface area contributed by atoms with Crippen LogP contribution in [0.1, 0.15) is 27.7 Å². The standard InChI is InChI=1S/C8H16NO/c1-7(2)8(3,4)10-6-5-9-7/h5-6H2,1-4H3. The molecule has 0 atom stereocenters. The van der Waals surface area contributed by atoms with Crippen LogP contribution in [-0.4, -0.2) is 24.3 Å². The van der Waals surface area contributed by atoms with Gasteiger partial charge in [0.1, 0.15) is 0 Å². The van der Waals surface area contributed by atoms with Gasteiger partial charge in [0.25, 0.3) is 0 Å². The maximum absolute atomic E-state index is 5.59. The predicted molar refractivity (Wildman–Crippen MR) is 41.1 cm³/mol. The lowest BCUT2D eigenvalue weighted by atomic mass is 9.84. The van der Waals surface area contributed by atoms with Crippen LogP contribution in [0.15, 0.2) is 0 Å². The summed E-state index contributed by atoms with van der Waals surface area (Å²) in [5.41, 5.74) is -0.115. The van der Waals surface area contributed by atoms with Crippen molar-refractivity contribution in [1.29, 1.82) is 0 Å². The Morgan fingerprint density at radius 2 is 1.80 bits per heavy atom. The van der Waals surface area contributed by atoms with Gasteiger partial charge in [-0.05, 0) is 27.7 Å². The Kier molecular flexibility index (Phi) is 1.77. The second kappa shape index (κ2) is 2.21. The van der Waals surface area contributed by atoms with Crippen molar-refractivity contribution in [1.82, 2.24) is 5.32 Å². The van der Waals surface area contributed by atoms with Crippen LogP contribution in [0.2, 0.25) is 0 Å². The molecule has 0 aromatic rings. The highest BCUT2D eigenvalue weighted by Gasteiger charge is 2.41. The first kappa shape index (κ1) is 8.02. The summed E-state index contributed by atoms with van der Waals surface area (Å²) in [6.07, 6.45) is 0. The Balaban J connectivity index is 2.70. The van der Waals surface area contributed by atoms with E-state index in [0.29, 0.717) is 0 Å². The molecule has 1 radical (unpaired) electrons. The van der Waals surface area contributed by atoms with E-state index in [2.05, 4.69) is 33.0 Å². The molecule has 1 saturated heterocycles. The van der Waals surface area contributed by atoms with Crippen molar-refractivity contribution in [3.8, 4) is 0 Å². The maximum Gasteiger partial charge on any atom is 0.0818 e. The van der Waals surface area contributed by atoms with E-state index in [0.717, 1.165) is 13.2 Å². The second-order valence-electron chi connectivity index (χ2n) is 3.80. The summed E-state index contributed by atoms with van der Waals surface area (Å²) in [4.78, 5) is 0. The second-order valence-corrected chi connectivity index (χ2v) is 3.80. The molecule has 10 heavy (non-hydrogen) atoms. The third-order valence-corrected chi connectivity index (χ3v) is 2.53. The van der Waals surface area contributed by atoms with Crippen molar-refractivity contribution in [2.24, 2.45) is 0 Å². The number of hydrogen-bond acceptors (Lipinski definition) is 1. The van der Waals surface area contributed by atoms with Gasteiger partial charge in [-0.25, -0.2) is 5.32 Å². The van der Waals surface area contributed by atoms with Gasteiger partial charge >= 0.3 is 0 Å². The van der Waals surface area contributed by atoms with E-state index >= 15 is 0 Å². The van der Waals surface area contributed by atoms with E-state index in [1.807, 2.05) is 0 Å². The van der Waals surface area contributed by atoms with Gasteiger partial charge in [0, 0.05) is 6.54 Å². The average molecular weight is 142 g/mol. The van der Waals surface area contributed by atoms with E-state index in [1.165, 1.54) is 0 Å². The molecule has 1 fully saturated rings. The van der Waals surface area contributed by atoms with E-state index in [9.17, 15) is 0 Å². The first-order valence-electron chi connectivity index (χ1n) is 3.78. The molecule has 0 saturated carbocycles. The number of rotatable bonds is 0. The lowest BCUT2D eigenvalue weighted by molar-refractivity contribution is -0.105. The minimum absolute atomic E-state index is 0.0226. The molecule has 0 amide bonds. The Morgan fingerprint density at radius 3 is 2.10 bits per heavy atom. The van der Waals surface area contributed by atoms with Crippen molar-refractivity contribution in [2.75, 3.05) is 13.2 Å². The van der Waals surface area contributed by atoms with E-state index in [4.69, 9.17) is 4.74 Å². The molecule has 0 bridgehead atoms. The molecule has 0 spiro atoms. The minimum Gasteiger partial charge on any atom is -0.372 e. The normalized spacial score (nSPS) is 30.0. The van der Waals surface area contributed by atoms with Gasteiger partial charge in [-0.15, -0.1) is 0 Å². The first-order chi connectivity index (χ1) is 4.46. The summed E-state index contributed by atoms with van der Waals surface area (Å²) in [7, 11) is 0. The highest BCUT2D eigenvalue weighted by Crippen LogP contribution is 2.28. The maximum atomic E-state index is 5.59. The summed E-state index contributed by atoms with van der Waals surface area (Å²) in [5.74, 6) is 0. The van der Waals surface area contributed by atoms with Crippen molar-refractivity contribution in [3.63, 3.8) is 0 Å². The van der Waals surface area contributed by atoms with Gasteiger partial charge < -0.3 is 4.74 Å². The van der Waals surface area contributed by atoms with Gasteiger partial charge in [0.05, 0.1) is 17.7 Å². The number of ether oxygens (including phenoxy) is 1. The molecular formula is C8H16NO. The first-order valence-corrected chi connectivity index (χ1v) is 3.78. The monoisotopic (exact) mass is 142 g/mol. The summed E-state index contributed by atoms with van der Waals surface area (Å²) in [6.45, 7) is 10.0. The van der Waals surface area contributed by atoms with Crippen molar-refractivity contribution >= 4 is 0 Å². The third kappa shape index (κ3) is 1.18. The Hall–Kier alpha value is -0.0800. The summed E-state index contributed by atoms with van der Waals surface area (Å²) < 4.78 is 5.59. The molecule has 0 aromatic heterocycles. The largest absolute Gasteiger partial charge is 0.372 e. The molecule has 0 aliphatic carbocycles. The molecule has 1 aliphatic heterocycles. The number of morpholine rings is 1. The fourth-order valence-electron chi connectivity index (χ4n) is 0.993. The number of nitrogens with zero attached hydrogens (tertiary/aromatic N) is 1. The van der Waals surface area contributed by atoms with Crippen LogP contribution in [0.3, 0.4) is 0 Å². The van der Waals surface area contributed by atoms with Crippen molar-refractivity contribution < 1.29 is 4.74 Å². The Morgan fingerprint density at radius 1 is 1.20 bits per heavy atom. The molecule has 1 aliphatic rings. The molecular weight excluding hydrogens is 126 g/mol. The van der Waals surface area contributed by atoms with E-state index in [1.54, 1.807) is 0 Å². The zero-order chi connectivity index (χ0) is 7.83. The molecule has 2 nitrogen and oxygen atoms in total. The average Bonchev–Trinajstić information content (AvgIpc) is 1.77. The highest BCUT2D eigenvalue weighted by molar-refractivity contribution is 4.96. The van der Waals surface area contributed by atoms with Gasteiger partial charge in [0.15, 0.2) is 0 Å². The quantitative estimate of drug-likeness (QED) is 0.498. The topological polar surface area (TPSA) is 23.3 Å². The van der Waals surface area contributed by atoms with Gasteiger partial charge in [-0.1, -0.05) is 0 Å². The summed E-state index contributed by atoms with van der Waals surface area (Å²) in [6, 6.07) is 0. The molecule has 0 N–H and O–H groups in total. The van der Waals surface area contributed by atoms with Crippen LogP contribution in [0.25, 0.3) is 0 Å². The summed E-state index contributed by atoms with van der Waals surface area (Å²) >= 11 is 0. The van der Waals surface area contributed by atoms with Gasteiger partial charge in [-0.3, -0.25) is 0 Å². The van der Waals surface area contributed by atoms with E-state index in [-0.39, 0.29) is 11.1 Å². The molecule has 1 rings (SSSR count).